The predicted octanol–water partition coefficient (Wildman–Crippen LogP) is 1.58. The van der Waals surface area contributed by atoms with E-state index in [0.29, 0.717) is 5.75 Å². The van der Waals surface area contributed by atoms with Crippen LogP contribution in [-0.4, -0.2) is 20.0 Å². The molecule has 0 amide bonds. The number of carbonyl (C=O) groups is 1. The van der Waals surface area contributed by atoms with Gasteiger partial charge in [0.25, 0.3) is 0 Å². The summed E-state index contributed by atoms with van der Waals surface area (Å²) in [6.07, 6.45) is 0.721. The fraction of sp³-hybridized carbons (Fsp3) is 0.300. The van der Waals surface area contributed by atoms with Gasteiger partial charge in [0.2, 0.25) is 0 Å². The van der Waals surface area contributed by atoms with Gasteiger partial charge < -0.3 is 9.47 Å². The molecule has 0 radical (unpaired) electrons. The lowest BCUT2D eigenvalue weighted by atomic mass is 10.2. The first-order valence-corrected chi connectivity index (χ1v) is 3.99. The quantitative estimate of drug-likeness (QED) is 0.660. The molecule has 0 spiro atoms. The molecule has 1 aromatic carbocycles. The van der Waals surface area contributed by atoms with Crippen molar-refractivity contribution < 1.29 is 14.3 Å². The van der Waals surface area contributed by atoms with Gasteiger partial charge in [-0.15, -0.1) is 0 Å². The summed E-state index contributed by atoms with van der Waals surface area (Å²) in [6.45, 7) is 1.99. The minimum Gasteiger partial charge on any atom is -0.497 e. The van der Waals surface area contributed by atoms with Gasteiger partial charge in [0.15, 0.2) is 6.29 Å². The summed E-state index contributed by atoms with van der Waals surface area (Å²) < 4.78 is 10.2. The Bertz CT molecular complexity index is 294. The van der Waals surface area contributed by atoms with Crippen molar-refractivity contribution in [2.45, 2.75) is 6.92 Å². The molecule has 70 valence electrons. The predicted molar refractivity (Wildman–Crippen MR) is 49.3 cm³/mol. The summed E-state index contributed by atoms with van der Waals surface area (Å²) in [5.74, 6) is 1.41. The molecular formula is C10H12O3. The zero-order chi connectivity index (χ0) is 9.68. The van der Waals surface area contributed by atoms with Crippen molar-refractivity contribution in [1.82, 2.24) is 0 Å². The molecule has 0 aliphatic heterocycles. The molecule has 0 saturated heterocycles. The van der Waals surface area contributed by atoms with Crippen LogP contribution in [-0.2, 0) is 4.79 Å². The van der Waals surface area contributed by atoms with E-state index in [0.717, 1.165) is 17.6 Å². The van der Waals surface area contributed by atoms with Crippen LogP contribution in [0.5, 0.6) is 11.5 Å². The van der Waals surface area contributed by atoms with E-state index in [-0.39, 0.29) is 6.61 Å². The third kappa shape index (κ3) is 2.47. The Morgan fingerprint density at radius 2 is 2.23 bits per heavy atom. The van der Waals surface area contributed by atoms with Crippen LogP contribution in [0.15, 0.2) is 18.2 Å². The first-order chi connectivity index (χ1) is 6.27. The molecule has 0 saturated carbocycles. The maximum Gasteiger partial charge on any atom is 0.157 e. The van der Waals surface area contributed by atoms with Crippen LogP contribution in [0.2, 0.25) is 0 Å². The number of benzene rings is 1. The minimum absolute atomic E-state index is 0.0774. The zero-order valence-electron chi connectivity index (χ0n) is 7.74. The molecule has 3 nitrogen and oxygen atoms in total. The van der Waals surface area contributed by atoms with E-state index >= 15 is 0 Å². The minimum atomic E-state index is 0.0774. The Morgan fingerprint density at radius 1 is 1.46 bits per heavy atom. The zero-order valence-corrected chi connectivity index (χ0v) is 7.74. The van der Waals surface area contributed by atoms with Crippen molar-refractivity contribution in [3.63, 3.8) is 0 Å². The molecule has 0 fully saturated rings. The van der Waals surface area contributed by atoms with Crippen molar-refractivity contribution in [2.75, 3.05) is 13.7 Å². The van der Waals surface area contributed by atoms with Gasteiger partial charge in [0, 0.05) is 6.07 Å². The third-order valence-corrected chi connectivity index (χ3v) is 1.70. The van der Waals surface area contributed by atoms with Crippen molar-refractivity contribution in [3.05, 3.63) is 23.8 Å². The summed E-state index contributed by atoms with van der Waals surface area (Å²) in [4.78, 5) is 10.1. The van der Waals surface area contributed by atoms with Gasteiger partial charge in [0.1, 0.15) is 18.1 Å². The molecule has 0 aliphatic rings. The maximum atomic E-state index is 10.1. The van der Waals surface area contributed by atoms with Crippen LogP contribution in [0.3, 0.4) is 0 Å². The normalized spacial score (nSPS) is 9.38. The molecule has 0 N–H and O–H groups in total. The van der Waals surface area contributed by atoms with E-state index in [2.05, 4.69) is 0 Å². The van der Waals surface area contributed by atoms with Gasteiger partial charge in [-0.1, -0.05) is 6.07 Å². The molecule has 1 aromatic rings. The topological polar surface area (TPSA) is 35.5 Å². The van der Waals surface area contributed by atoms with Crippen molar-refractivity contribution in [1.29, 1.82) is 0 Å². The lowest BCUT2D eigenvalue weighted by Gasteiger charge is -2.07. The third-order valence-electron chi connectivity index (χ3n) is 1.70. The van der Waals surface area contributed by atoms with Crippen LogP contribution in [0.4, 0.5) is 0 Å². The fourth-order valence-electron chi connectivity index (χ4n) is 0.987. The van der Waals surface area contributed by atoms with Gasteiger partial charge in [-0.2, -0.15) is 0 Å². The first-order valence-electron chi connectivity index (χ1n) is 3.99. The molecule has 0 bridgehead atoms. The van der Waals surface area contributed by atoms with Crippen LogP contribution in [0.1, 0.15) is 5.56 Å². The molecule has 3 heteroatoms. The standard InChI is InChI=1S/C10H12O3/c1-8-3-4-9(12-2)7-10(8)13-6-5-11/h3-5,7H,6H2,1-2H3. The number of rotatable bonds is 4. The first kappa shape index (κ1) is 9.58. The highest BCUT2D eigenvalue weighted by Crippen LogP contribution is 2.23. The lowest BCUT2D eigenvalue weighted by Crippen LogP contribution is -1.99. The highest BCUT2D eigenvalue weighted by molar-refractivity contribution is 5.52. The molecule has 1 rings (SSSR count). The largest absolute Gasteiger partial charge is 0.497 e. The second-order valence-electron chi connectivity index (χ2n) is 2.61. The van der Waals surface area contributed by atoms with Gasteiger partial charge in [-0.25, -0.2) is 0 Å². The molecule has 0 unspecified atom stereocenters. The highest BCUT2D eigenvalue weighted by Gasteiger charge is 2.00. The summed E-state index contributed by atoms with van der Waals surface area (Å²) >= 11 is 0. The Morgan fingerprint density at radius 3 is 2.85 bits per heavy atom. The summed E-state index contributed by atoms with van der Waals surface area (Å²) in [5, 5.41) is 0. The number of hydrogen-bond donors (Lipinski definition) is 0. The Hall–Kier alpha value is -1.51. The SMILES string of the molecule is COc1ccc(C)c(OCC=O)c1. The number of ether oxygens (including phenoxy) is 2. The Labute approximate surface area is 77.3 Å². The van der Waals surface area contributed by atoms with Gasteiger partial charge in [-0.3, -0.25) is 4.79 Å². The number of carbonyl (C=O) groups excluding carboxylic acids is 1. The van der Waals surface area contributed by atoms with Gasteiger partial charge >= 0.3 is 0 Å². The Kier molecular flexibility index (Phi) is 3.31. The van der Waals surface area contributed by atoms with E-state index in [4.69, 9.17) is 9.47 Å². The Balaban J connectivity index is 2.83. The summed E-state index contributed by atoms with van der Waals surface area (Å²) in [5.41, 5.74) is 0.989. The van der Waals surface area contributed by atoms with Crippen molar-refractivity contribution >= 4 is 6.29 Å². The maximum absolute atomic E-state index is 10.1. The molecular weight excluding hydrogens is 168 g/mol. The van der Waals surface area contributed by atoms with Crippen LogP contribution in [0.25, 0.3) is 0 Å². The second kappa shape index (κ2) is 4.50. The van der Waals surface area contributed by atoms with E-state index in [9.17, 15) is 4.79 Å². The molecule has 0 aromatic heterocycles. The van der Waals surface area contributed by atoms with Gasteiger partial charge in [0.05, 0.1) is 7.11 Å². The molecule has 0 heterocycles. The van der Waals surface area contributed by atoms with E-state index in [1.807, 2.05) is 19.1 Å². The average Bonchev–Trinajstić information content (AvgIpc) is 2.17. The van der Waals surface area contributed by atoms with E-state index in [1.165, 1.54) is 0 Å². The van der Waals surface area contributed by atoms with Crippen LogP contribution < -0.4 is 9.47 Å². The van der Waals surface area contributed by atoms with E-state index < -0.39 is 0 Å². The summed E-state index contributed by atoms with van der Waals surface area (Å²) in [6, 6.07) is 5.50. The average molecular weight is 180 g/mol. The molecule has 0 atom stereocenters. The second-order valence-corrected chi connectivity index (χ2v) is 2.61. The van der Waals surface area contributed by atoms with E-state index in [1.54, 1.807) is 13.2 Å². The lowest BCUT2D eigenvalue weighted by molar-refractivity contribution is -0.109. The number of hydrogen-bond acceptors (Lipinski definition) is 3. The fourth-order valence-corrected chi connectivity index (χ4v) is 0.987. The van der Waals surface area contributed by atoms with Crippen molar-refractivity contribution in [2.24, 2.45) is 0 Å². The summed E-state index contributed by atoms with van der Waals surface area (Å²) in [7, 11) is 1.59. The molecule has 13 heavy (non-hydrogen) atoms. The highest BCUT2D eigenvalue weighted by atomic mass is 16.5. The number of methoxy groups -OCH3 is 1. The van der Waals surface area contributed by atoms with Crippen LogP contribution in [0, 0.1) is 6.92 Å². The van der Waals surface area contributed by atoms with Crippen LogP contribution >= 0.6 is 0 Å². The smallest absolute Gasteiger partial charge is 0.157 e. The number of aldehydes is 1. The molecule has 0 aliphatic carbocycles. The monoisotopic (exact) mass is 180 g/mol. The van der Waals surface area contributed by atoms with Gasteiger partial charge in [-0.05, 0) is 18.6 Å². The van der Waals surface area contributed by atoms with Crippen molar-refractivity contribution in [3.8, 4) is 11.5 Å². The number of aryl methyl sites for hydroxylation is 1.